The van der Waals surface area contributed by atoms with Crippen molar-refractivity contribution in [2.24, 2.45) is 0 Å². The molecule has 17 heavy (non-hydrogen) atoms. The third-order valence-corrected chi connectivity index (χ3v) is 2.39. The molecule has 0 N–H and O–H groups in total. The Morgan fingerprint density at radius 1 is 1.47 bits per heavy atom. The van der Waals surface area contributed by atoms with Crippen molar-refractivity contribution in [1.82, 2.24) is 4.98 Å². The Hall–Kier alpha value is -1.65. The molecule has 1 aromatic rings. The van der Waals surface area contributed by atoms with E-state index in [4.69, 9.17) is 0 Å². The summed E-state index contributed by atoms with van der Waals surface area (Å²) in [5.74, 6) is -0.615. The normalized spacial score (nSPS) is 12.6. The number of hydrogen-bond acceptors (Lipinski definition) is 2. The number of nitrogens with zero attached hydrogens (tertiary/aromatic N) is 1. The number of pyridine rings is 1. The minimum absolute atomic E-state index is 0.350. The Morgan fingerprint density at radius 3 is 2.59 bits per heavy atom. The Labute approximate surface area is 97.2 Å². The van der Waals surface area contributed by atoms with Crippen molar-refractivity contribution in [3.8, 4) is 0 Å². The number of carbonyl (C=O) groups is 1. The Morgan fingerprint density at radius 2 is 2.12 bits per heavy atom. The van der Waals surface area contributed by atoms with E-state index < -0.39 is 23.1 Å². The predicted octanol–water partition coefficient (Wildman–Crippen LogP) is 3.64. The molecule has 1 aromatic heterocycles. The summed E-state index contributed by atoms with van der Waals surface area (Å²) in [5.41, 5.74) is -0.983. The monoisotopic (exact) mass is 243 g/mol. The van der Waals surface area contributed by atoms with E-state index in [1.807, 2.05) is 0 Å². The van der Waals surface area contributed by atoms with Crippen LogP contribution in [0.5, 0.6) is 0 Å². The van der Waals surface area contributed by atoms with Crippen LogP contribution in [-0.4, -0.2) is 10.8 Å². The molecule has 0 amide bonds. The molecular weight excluding hydrogens is 231 g/mol. The third-order valence-electron chi connectivity index (χ3n) is 2.39. The highest BCUT2D eigenvalue weighted by Crippen LogP contribution is 2.32. The zero-order valence-corrected chi connectivity index (χ0v) is 9.51. The molecule has 0 bridgehead atoms. The molecule has 0 unspecified atom stereocenters. The molecule has 0 spiro atoms. The minimum Gasteiger partial charge on any atom is -0.289 e. The first-order valence-corrected chi connectivity index (χ1v) is 5.12. The van der Waals surface area contributed by atoms with Gasteiger partial charge in [0.05, 0.1) is 11.1 Å². The topological polar surface area (TPSA) is 30.0 Å². The number of carbonyl (C=O) groups excluding carboxylic acids is 1. The molecular formula is C12H12F3NO. The standard InChI is InChI=1S/C12H12F3NO/c1-3-8(4-2)11(17)9-7-16-6-5-10(9)12(13,14)15/h3,5-7H,4H2,1-2H3/b8-3-. The van der Waals surface area contributed by atoms with Crippen LogP contribution in [0.2, 0.25) is 0 Å². The second-order valence-electron chi connectivity index (χ2n) is 3.42. The fourth-order valence-electron chi connectivity index (χ4n) is 1.49. The molecule has 92 valence electrons. The van der Waals surface area contributed by atoms with Crippen LogP contribution in [0.25, 0.3) is 0 Å². The maximum absolute atomic E-state index is 12.7. The van der Waals surface area contributed by atoms with E-state index in [0.717, 1.165) is 18.5 Å². The van der Waals surface area contributed by atoms with Crippen LogP contribution >= 0.6 is 0 Å². The van der Waals surface area contributed by atoms with Crippen LogP contribution in [0.4, 0.5) is 13.2 Å². The van der Waals surface area contributed by atoms with Crippen molar-refractivity contribution in [1.29, 1.82) is 0 Å². The highest BCUT2D eigenvalue weighted by molar-refractivity contribution is 6.09. The molecule has 0 aromatic carbocycles. The highest BCUT2D eigenvalue weighted by Gasteiger charge is 2.35. The molecule has 0 atom stereocenters. The van der Waals surface area contributed by atoms with Gasteiger partial charge in [-0.1, -0.05) is 13.0 Å². The van der Waals surface area contributed by atoms with Crippen molar-refractivity contribution in [3.63, 3.8) is 0 Å². The van der Waals surface area contributed by atoms with Crippen molar-refractivity contribution < 1.29 is 18.0 Å². The van der Waals surface area contributed by atoms with Gasteiger partial charge in [0.15, 0.2) is 5.78 Å². The predicted molar refractivity (Wildman–Crippen MR) is 57.6 cm³/mol. The second kappa shape index (κ2) is 5.12. The van der Waals surface area contributed by atoms with Gasteiger partial charge in [0.25, 0.3) is 0 Å². The van der Waals surface area contributed by atoms with Crippen LogP contribution in [0.15, 0.2) is 30.1 Å². The number of aromatic nitrogens is 1. The van der Waals surface area contributed by atoms with E-state index in [-0.39, 0.29) is 0 Å². The highest BCUT2D eigenvalue weighted by atomic mass is 19.4. The summed E-state index contributed by atoms with van der Waals surface area (Å²) in [7, 11) is 0. The van der Waals surface area contributed by atoms with E-state index >= 15 is 0 Å². The van der Waals surface area contributed by atoms with Gasteiger partial charge >= 0.3 is 6.18 Å². The number of ketones is 1. The van der Waals surface area contributed by atoms with Gasteiger partial charge in [-0.2, -0.15) is 13.2 Å². The summed E-state index contributed by atoms with van der Waals surface area (Å²) in [5, 5.41) is 0. The Balaban J connectivity index is 3.28. The minimum atomic E-state index is -4.54. The average Bonchev–Trinajstić information content (AvgIpc) is 2.29. The average molecular weight is 243 g/mol. The first-order chi connectivity index (χ1) is 7.91. The van der Waals surface area contributed by atoms with E-state index in [9.17, 15) is 18.0 Å². The lowest BCUT2D eigenvalue weighted by atomic mass is 9.98. The van der Waals surface area contributed by atoms with Crippen LogP contribution in [-0.2, 0) is 6.18 Å². The summed E-state index contributed by atoms with van der Waals surface area (Å²) < 4.78 is 38.0. The zero-order valence-electron chi connectivity index (χ0n) is 9.51. The van der Waals surface area contributed by atoms with Gasteiger partial charge in [0.2, 0.25) is 0 Å². The molecule has 0 radical (unpaired) electrons. The van der Waals surface area contributed by atoms with Crippen molar-refractivity contribution >= 4 is 5.78 Å². The molecule has 0 fully saturated rings. The maximum Gasteiger partial charge on any atom is 0.417 e. The van der Waals surface area contributed by atoms with E-state index in [1.54, 1.807) is 13.8 Å². The van der Waals surface area contributed by atoms with E-state index in [0.29, 0.717) is 12.0 Å². The first-order valence-electron chi connectivity index (χ1n) is 5.12. The second-order valence-corrected chi connectivity index (χ2v) is 3.42. The number of alkyl halides is 3. The molecule has 0 aliphatic heterocycles. The molecule has 1 rings (SSSR count). The SMILES string of the molecule is C/C=C(/CC)C(=O)c1cnccc1C(F)(F)F. The fraction of sp³-hybridized carbons (Fsp3) is 0.333. The number of Topliss-reactive ketones (excluding diaryl/α,β-unsaturated/α-hetero) is 1. The summed E-state index contributed by atoms with van der Waals surface area (Å²) in [6, 6.07) is 0.816. The fourth-order valence-corrected chi connectivity index (χ4v) is 1.49. The quantitative estimate of drug-likeness (QED) is 0.599. The molecule has 0 saturated heterocycles. The number of hydrogen-bond donors (Lipinski definition) is 0. The van der Waals surface area contributed by atoms with Gasteiger partial charge in [-0.05, 0) is 25.0 Å². The van der Waals surface area contributed by atoms with Crippen LogP contribution < -0.4 is 0 Å². The lowest BCUT2D eigenvalue weighted by Gasteiger charge is -2.11. The van der Waals surface area contributed by atoms with E-state index in [1.165, 1.54) is 6.08 Å². The van der Waals surface area contributed by atoms with Crippen molar-refractivity contribution in [3.05, 3.63) is 41.2 Å². The van der Waals surface area contributed by atoms with E-state index in [2.05, 4.69) is 4.98 Å². The Bertz CT molecular complexity index is 449. The van der Waals surface area contributed by atoms with Gasteiger partial charge in [-0.25, -0.2) is 0 Å². The maximum atomic E-state index is 12.7. The van der Waals surface area contributed by atoms with Gasteiger partial charge < -0.3 is 0 Å². The molecule has 0 aliphatic carbocycles. The molecule has 0 aliphatic rings. The van der Waals surface area contributed by atoms with Gasteiger partial charge in [-0.15, -0.1) is 0 Å². The Kier molecular flexibility index (Phi) is 4.04. The van der Waals surface area contributed by atoms with Gasteiger partial charge in [-0.3, -0.25) is 9.78 Å². The number of allylic oxidation sites excluding steroid dienone is 2. The smallest absolute Gasteiger partial charge is 0.289 e. The van der Waals surface area contributed by atoms with Gasteiger partial charge in [0.1, 0.15) is 0 Å². The summed E-state index contributed by atoms with van der Waals surface area (Å²) in [6.07, 6.45) is -0.636. The van der Waals surface area contributed by atoms with Gasteiger partial charge in [0, 0.05) is 12.4 Å². The third kappa shape index (κ3) is 2.93. The molecule has 0 saturated carbocycles. The molecule has 5 heteroatoms. The number of halogens is 3. The summed E-state index contributed by atoms with van der Waals surface area (Å²) in [4.78, 5) is 15.4. The summed E-state index contributed by atoms with van der Waals surface area (Å²) in [6.45, 7) is 3.34. The van der Waals surface area contributed by atoms with Crippen LogP contribution in [0, 0.1) is 0 Å². The largest absolute Gasteiger partial charge is 0.417 e. The van der Waals surface area contributed by atoms with Crippen molar-refractivity contribution in [2.45, 2.75) is 26.4 Å². The first kappa shape index (κ1) is 13.4. The summed E-state index contributed by atoms with van der Waals surface area (Å²) >= 11 is 0. The lowest BCUT2D eigenvalue weighted by molar-refractivity contribution is -0.137. The zero-order chi connectivity index (χ0) is 13.1. The molecule has 1 heterocycles. The molecule has 2 nitrogen and oxygen atoms in total. The number of rotatable bonds is 3. The van der Waals surface area contributed by atoms with Crippen LogP contribution in [0.3, 0.4) is 0 Å². The van der Waals surface area contributed by atoms with Crippen LogP contribution in [0.1, 0.15) is 36.2 Å². The lowest BCUT2D eigenvalue weighted by Crippen LogP contribution is -2.14. The van der Waals surface area contributed by atoms with Crippen molar-refractivity contribution in [2.75, 3.05) is 0 Å².